The van der Waals surface area contributed by atoms with Gasteiger partial charge in [-0.25, -0.2) is 0 Å². The molecule has 6 heteroatoms. The quantitative estimate of drug-likeness (QED) is 0.429. The third-order valence-corrected chi connectivity index (χ3v) is 5.41. The first kappa shape index (κ1) is 20.8. The Hall–Kier alpha value is -2.89. The summed E-state index contributed by atoms with van der Waals surface area (Å²) in [5.41, 5.74) is 2.18. The predicted octanol–water partition coefficient (Wildman–Crippen LogP) is 3.01. The molecule has 0 bridgehead atoms. The first-order valence-corrected chi connectivity index (χ1v) is 10.4. The number of para-hydroxylation sites is 3. The first-order chi connectivity index (χ1) is 14.2. The molecule has 6 nitrogen and oxygen atoms in total. The highest BCUT2D eigenvalue weighted by molar-refractivity contribution is 5.80. The van der Waals surface area contributed by atoms with Gasteiger partial charge in [0.1, 0.15) is 5.75 Å². The van der Waals surface area contributed by atoms with Crippen LogP contribution < -0.4 is 15.1 Å². The van der Waals surface area contributed by atoms with E-state index in [0.29, 0.717) is 5.75 Å². The van der Waals surface area contributed by atoms with Crippen LogP contribution in [0.25, 0.3) is 0 Å². The Morgan fingerprint density at radius 2 is 1.69 bits per heavy atom. The number of benzene rings is 2. The Balaban J connectivity index is 1.37. The lowest BCUT2D eigenvalue weighted by atomic mass is 10.2. The van der Waals surface area contributed by atoms with Crippen molar-refractivity contribution in [3.05, 3.63) is 54.6 Å². The van der Waals surface area contributed by atoms with Gasteiger partial charge in [-0.05, 0) is 37.1 Å². The van der Waals surface area contributed by atoms with Crippen molar-refractivity contribution < 1.29 is 5.11 Å². The minimum absolute atomic E-state index is 0.351. The number of hydrogen-bond acceptors (Lipinski definition) is 4. The monoisotopic (exact) mass is 395 g/mol. The number of piperazine rings is 1. The van der Waals surface area contributed by atoms with Crippen LogP contribution in [0.1, 0.15) is 12.8 Å². The van der Waals surface area contributed by atoms with Gasteiger partial charge in [0.05, 0.1) is 5.69 Å². The Labute approximate surface area is 174 Å². The van der Waals surface area contributed by atoms with Gasteiger partial charge in [0, 0.05) is 59.1 Å². The van der Waals surface area contributed by atoms with Gasteiger partial charge in [-0.2, -0.15) is 0 Å². The Morgan fingerprint density at radius 1 is 1.00 bits per heavy atom. The summed E-state index contributed by atoms with van der Waals surface area (Å²) in [6, 6.07) is 18.1. The minimum Gasteiger partial charge on any atom is -0.506 e. The molecule has 2 N–H and O–H groups in total. The average molecular weight is 396 g/mol. The summed E-state index contributed by atoms with van der Waals surface area (Å²) in [4.78, 5) is 11.3. The summed E-state index contributed by atoms with van der Waals surface area (Å²) >= 11 is 0. The van der Waals surface area contributed by atoms with E-state index in [1.54, 1.807) is 6.07 Å². The van der Waals surface area contributed by atoms with Gasteiger partial charge < -0.3 is 25.1 Å². The largest absolute Gasteiger partial charge is 0.506 e. The summed E-state index contributed by atoms with van der Waals surface area (Å²) in [6.45, 7) is 5.51. The molecule has 0 aromatic heterocycles. The van der Waals surface area contributed by atoms with Gasteiger partial charge in [0.2, 0.25) is 0 Å². The number of nitrogens with zero attached hydrogens (tertiary/aromatic N) is 4. The van der Waals surface area contributed by atoms with E-state index in [4.69, 9.17) is 0 Å². The average Bonchev–Trinajstić information content (AvgIpc) is 2.77. The van der Waals surface area contributed by atoms with Crippen LogP contribution >= 0.6 is 0 Å². The number of nitrogens with one attached hydrogen (secondary N) is 1. The lowest BCUT2D eigenvalue weighted by Gasteiger charge is -2.37. The number of anilines is 2. The van der Waals surface area contributed by atoms with E-state index in [0.717, 1.165) is 63.8 Å². The fourth-order valence-electron chi connectivity index (χ4n) is 3.71. The molecule has 2 aromatic carbocycles. The summed E-state index contributed by atoms with van der Waals surface area (Å²) in [7, 11) is 3.99. The van der Waals surface area contributed by atoms with Gasteiger partial charge in [-0.3, -0.25) is 4.99 Å². The van der Waals surface area contributed by atoms with Crippen LogP contribution in [0, 0.1) is 0 Å². The highest BCUT2D eigenvalue weighted by Gasteiger charge is 2.21. The Morgan fingerprint density at radius 3 is 2.38 bits per heavy atom. The highest BCUT2D eigenvalue weighted by Crippen LogP contribution is 2.27. The van der Waals surface area contributed by atoms with Crippen molar-refractivity contribution in [2.75, 3.05) is 63.2 Å². The molecule has 0 unspecified atom stereocenters. The summed E-state index contributed by atoms with van der Waals surface area (Å²) in [5.74, 6) is 1.32. The van der Waals surface area contributed by atoms with Crippen LogP contribution in [0.5, 0.6) is 5.75 Å². The maximum Gasteiger partial charge on any atom is 0.193 e. The van der Waals surface area contributed by atoms with Crippen molar-refractivity contribution in [3.8, 4) is 5.75 Å². The molecule has 0 saturated carbocycles. The molecule has 1 aliphatic rings. The third kappa shape index (κ3) is 5.79. The van der Waals surface area contributed by atoms with Crippen LogP contribution in [0.3, 0.4) is 0 Å². The molecule has 0 amide bonds. The number of rotatable bonds is 7. The van der Waals surface area contributed by atoms with E-state index in [-0.39, 0.29) is 0 Å². The lowest BCUT2D eigenvalue weighted by molar-refractivity contribution is 0.369. The fraction of sp³-hybridized carbons (Fsp3) is 0.435. The number of aliphatic imine (C=N–C) groups is 1. The molecular formula is C23H33N5O. The lowest BCUT2D eigenvalue weighted by Crippen LogP contribution is -2.52. The molecule has 0 atom stereocenters. The smallest absolute Gasteiger partial charge is 0.193 e. The van der Waals surface area contributed by atoms with Gasteiger partial charge in [0.15, 0.2) is 5.96 Å². The van der Waals surface area contributed by atoms with Gasteiger partial charge in [-0.15, -0.1) is 0 Å². The van der Waals surface area contributed by atoms with E-state index in [1.165, 1.54) is 5.69 Å². The van der Waals surface area contributed by atoms with Crippen LogP contribution in [-0.2, 0) is 0 Å². The maximum absolute atomic E-state index is 10.1. The van der Waals surface area contributed by atoms with Crippen molar-refractivity contribution in [2.45, 2.75) is 12.8 Å². The number of phenolic OH excluding ortho intramolecular Hbond substituents is 1. The second-order valence-corrected chi connectivity index (χ2v) is 7.40. The van der Waals surface area contributed by atoms with Crippen molar-refractivity contribution in [3.63, 3.8) is 0 Å². The second kappa shape index (κ2) is 10.6. The molecule has 156 valence electrons. The molecule has 1 fully saturated rings. The minimum atomic E-state index is 0.351. The summed E-state index contributed by atoms with van der Waals surface area (Å²) in [5, 5.41) is 13.6. The standard InChI is InChI=1S/C23H33N5O/c1-24-23(25-14-8-9-15-26(2)20-10-4-3-5-11-20)28-18-16-27(17-19-28)21-12-6-7-13-22(21)29/h3-7,10-13,29H,8-9,14-19H2,1-2H3,(H,24,25). The molecule has 2 aromatic rings. The highest BCUT2D eigenvalue weighted by atomic mass is 16.3. The fourth-order valence-corrected chi connectivity index (χ4v) is 3.71. The zero-order chi connectivity index (χ0) is 20.5. The third-order valence-electron chi connectivity index (χ3n) is 5.41. The first-order valence-electron chi connectivity index (χ1n) is 10.4. The number of guanidine groups is 1. The van der Waals surface area contributed by atoms with Crippen LogP contribution in [-0.4, -0.2) is 69.3 Å². The van der Waals surface area contributed by atoms with Crippen LogP contribution in [0.2, 0.25) is 0 Å². The summed E-state index contributed by atoms with van der Waals surface area (Å²) in [6.07, 6.45) is 2.24. The Kier molecular flexibility index (Phi) is 7.61. The van der Waals surface area contributed by atoms with Crippen molar-refractivity contribution >= 4 is 17.3 Å². The molecule has 1 aliphatic heterocycles. The van der Waals surface area contributed by atoms with Crippen LogP contribution in [0.4, 0.5) is 11.4 Å². The van der Waals surface area contributed by atoms with E-state index >= 15 is 0 Å². The maximum atomic E-state index is 10.1. The van der Waals surface area contributed by atoms with Crippen molar-refractivity contribution in [2.24, 2.45) is 4.99 Å². The predicted molar refractivity (Wildman–Crippen MR) is 122 cm³/mol. The van der Waals surface area contributed by atoms with E-state index in [2.05, 4.69) is 62.4 Å². The molecule has 3 rings (SSSR count). The van der Waals surface area contributed by atoms with Crippen LogP contribution in [0.15, 0.2) is 59.6 Å². The molecule has 29 heavy (non-hydrogen) atoms. The van der Waals surface area contributed by atoms with Gasteiger partial charge >= 0.3 is 0 Å². The molecule has 0 aliphatic carbocycles. The molecule has 0 radical (unpaired) electrons. The number of hydrogen-bond donors (Lipinski definition) is 2. The zero-order valence-corrected chi connectivity index (χ0v) is 17.6. The molecule has 0 spiro atoms. The van der Waals surface area contributed by atoms with E-state index in [1.807, 2.05) is 25.2 Å². The second-order valence-electron chi connectivity index (χ2n) is 7.40. The van der Waals surface area contributed by atoms with Crippen molar-refractivity contribution in [1.29, 1.82) is 0 Å². The SMILES string of the molecule is CN=C(NCCCCN(C)c1ccccc1)N1CCN(c2ccccc2O)CC1. The van der Waals surface area contributed by atoms with Gasteiger partial charge in [0.25, 0.3) is 0 Å². The van der Waals surface area contributed by atoms with E-state index in [9.17, 15) is 5.11 Å². The topological polar surface area (TPSA) is 54.3 Å². The zero-order valence-electron chi connectivity index (χ0n) is 17.6. The van der Waals surface area contributed by atoms with Crippen molar-refractivity contribution in [1.82, 2.24) is 10.2 Å². The number of unbranched alkanes of at least 4 members (excludes halogenated alkanes) is 1. The molecular weight excluding hydrogens is 362 g/mol. The van der Waals surface area contributed by atoms with E-state index < -0.39 is 0 Å². The Bertz CT molecular complexity index is 772. The molecule has 1 saturated heterocycles. The number of aromatic hydroxyl groups is 1. The normalized spacial score (nSPS) is 14.8. The molecule has 1 heterocycles. The van der Waals surface area contributed by atoms with Gasteiger partial charge in [-0.1, -0.05) is 30.3 Å². The summed E-state index contributed by atoms with van der Waals surface area (Å²) < 4.78 is 0. The number of phenols is 1.